The van der Waals surface area contributed by atoms with E-state index in [2.05, 4.69) is 34.0 Å². The second-order valence-electron chi connectivity index (χ2n) is 5.61. The van der Waals surface area contributed by atoms with Crippen LogP contribution in [0.5, 0.6) is 0 Å². The summed E-state index contributed by atoms with van der Waals surface area (Å²) in [5.74, 6) is 2.33. The van der Waals surface area contributed by atoms with Gasteiger partial charge in [-0.2, -0.15) is 0 Å². The highest BCUT2D eigenvalue weighted by atomic mass is 16.3. The molecule has 1 saturated heterocycles. The molecule has 0 bridgehead atoms. The van der Waals surface area contributed by atoms with Crippen LogP contribution in [0, 0.1) is 5.92 Å². The highest BCUT2D eigenvalue weighted by Crippen LogP contribution is 2.20. The maximum atomic E-state index is 9.40. The highest BCUT2D eigenvalue weighted by molar-refractivity contribution is 5.49. The first-order valence-electron chi connectivity index (χ1n) is 7.13. The molecule has 1 fully saturated rings. The third-order valence-electron chi connectivity index (χ3n) is 3.41. The van der Waals surface area contributed by atoms with Gasteiger partial charge in [-0.15, -0.1) is 0 Å². The van der Waals surface area contributed by atoms with Crippen molar-refractivity contribution in [3.8, 4) is 0 Å². The largest absolute Gasteiger partial charge is 0.394 e. The molecule has 2 rings (SSSR count). The van der Waals surface area contributed by atoms with Gasteiger partial charge in [-0.05, 0) is 25.2 Å². The number of hydrogen-bond acceptors (Lipinski definition) is 5. The van der Waals surface area contributed by atoms with Crippen LogP contribution in [-0.2, 0) is 0 Å². The van der Waals surface area contributed by atoms with Gasteiger partial charge in [0.1, 0.15) is 18.0 Å². The smallest absolute Gasteiger partial charge is 0.134 e. The van der Waals surface area contributed by atoms with Crippen molar-refractivity contribution in [2.75, 3.05) is 29.9 Å². The molecule has 0 radical (unpaired) electrons. The van der Waals surface area contributed by atoms with Crippen molar-refractivity contribution >= 4 is 11.6 Å². The molecule has 1 aliphatic rings. The van der Waals surface area contributed by atoms with Gasteiger partial charge in [0.2, 0.25) is 0 Å². The number of hydrogen-bond donors (Lipinski definition) is 2. The fourth-order valence-electron chi connectivity index (χ4n) is 2.50. The van der Waals surface area contributed by atoms with Crippen LogP contribution < -0.4 is 10.2 Å². The molecule has 0 aliphatic carbocycles. The van der Waals surface area contributed by atoms with Crippen molar-refractivity contribution in [1.82, 2.24) is 9.97 Å². The number of aromatic nitrogens is 2. The Bertz CT molecular complexity index is 391. The third-order valence-corrected chi connectivity index (χ3v) is 3.41. The molecule has 0 spiro atoms. The zero-order chi connectivity index (χ0) is 13.7. The summed E-state index contributed by atoms with van der Waals surface area (Å²) in [7, 11) is 0. The van der Waals surface area contributed by atoms with Gasteiger partial charge in [-0.3, -0.25) is 0 Å². The number of aliphatic hydroxyl groups is 1. The molecular formula is C14H24N4O. The Hall–Kier alpha value is -1.36. The second kappa shape index (κ2) is 6.70. The minimum Gasteiger partial charge on any atom is -0.394 e. The van der Waals surface area contributed by atoms with E-state index in [1.54, 1.807) is 6.33 Å². The second-order valence-corrected chi connectivity index (χ2v) is 5.61. The molecule has 1 aliphatic heterocycles. The Kier molecular flexibility index (Phi) is 4.96. The molecule has 106 valence electrons. The summed E-state index contributed by atoms with van der Waals surface area (Å²) in [5.41, 5.74) is 0. The van der Waals surface area contributed by atoms with Gasteiger partial charge < -0.3 is 15.3 Å². The van der Waals surface area contributed by atoms with Gasteiger partial charge >= 0.3 is 0 Å². The van der Waals surface area contributed by atoms with Gasteiger partial charge in [-0.1, -0.05) is 13.8 Å². The number of anilines is 2. The van der Waals surface area contributed by atoms with Crippen LogP contribution in [0.15, 0.2) is 12.4 Å². The van der Waals surface area contributed by atoms with Crippen LogP contribution in [0.25, 0.3) is 0 Å². The van der Waals surface area contributed by atoms with E-state index in [1.165, 1.54) is 12.8 Å². The predicted octanol–water partition coefficient (Wildman–Crippen LogP) is 1.90. The zero-order valence-corrected chi connectivity index (χ0v) is 11.8. The lowest BCUT2D eigenvalue weighted by Crippen LogP contribution is -2.26. The van der Waals surface area contributed by atoms with Crippen molar-refractivity contribution < 1.29 is 5.11 Å². The molecule has 19 heavy (non-hydrogen) atoms. The van der Waals surface area contributed by atoms with Gasteiger partial charge in [0.05, 0.1) is 12.6 Å². The van der Waals surface area contributed by atoms with Crippen molar-refractivity contribution in [2.45, 2.75) is 39.2 Å². The van der Waals surface area contributed by atoms with E-state index >= 15 is 0 Å². The fraction of sp³-hybridized carbons (Fsp3) is 0.714. The van der Waals surface area contributed by atoms with Crippen LogP contribution in [0.1, 0.15) is 33.1 Å². The van der Waals surface area contributed by atoms with E-state index in [9.17, 15) is 5.11 Å². The number of aliphatic hydroxyl groups excluding tert-OH is 1. The van der Waals surface area contributed by atoms with Crippen LogP contribution in [-0.4, -0.2) is 40.8 Å². The quantitative estimate of drug-likeness (QED) is 0.821. The Morgan fingerprint density at radius 3 is 2.68 bits per heavy atom. The lowest BCUT2D eigenvalue weighted by Gasteiger charge is -2.20. The average molecular weight is 264 g/mol. The summed E-state index contributed by atoms with van der Waals surface area (Å²) in [6.07, 6.45) is 5.00. The average Bonchev–Trinajstić information content (AvgIpc) is 2.91. The number of rotatable bonds is 6. The molecule has 0 amide bonds. The molecule has 2 heterocycles. The standard InChI is InChI=1S/C14H24N4O/c1-11(2)7-12(9-19)17-13-8-14(16-10-15-13)18-5-3-4-6-18/h8,10-12,19H,3-7,9H2,1-2H3,(H,15,16,17). The Morgan fingerprint density at radius 2 is 2.05 bits per heavy atom. The molecule has 2 N–H and O–H groups in total. The number of nitrogens with zero attached hydrogens (tertiary/aromatic N) is 3. The monoisotopic (exact) mass is 264 g/mol. The summed E-state index contributed by atoms with van der Waals surface area (Å²) in [6.45, 7) is 6.58. The van der Waals surface area contributed by atoms with Crippen LogP contribution in [0.4, 0.5) is 11.6 Å². The predicted molar refractivity (Wildman–Crippen MR) is 77.4 cm³/mol. The minimum absolute atomic E-state index is 0.0568. The Balaban J connectivity index is 2.01. The molecule has 1 aromatic rings. The first-order chi connectivity index (χ1) is 9.19. The van der Waals surface area contributed by atoms with Crippen molar-refractivity contribution in [1.29, 1.82) is 0 Å². The summed E-state index contributed by atoms with van der Waals surface area (Å²) in [6, 6.07) is 2.04. The SMILES string of the molecule is CC(C)CC(CO)Nc1cc(N2CCCC2)ncn1. The molecule has 0 aromatic carbocycles. The van der Waals surface area contributed by atoms with Crippen LogP contribution in [0.2, 0.25) is 0 Å². The van der Waals surface area contributed by atoms with E-state index < -0.39 is 0 Å². The molecule has 1 unspecified atom stereocenters. The van der Waals surface area contributed by atoms with Crippen molar-refractivity contribution in [3.63, 3.8) is 0 Å². The molecule has 5 nitrogen and oxygen atoms in total. The fourth-order valence-corrected chi connectivity index (χ4v) is 2.50. The molecule has 0 saturated carbocycles. The van der Waals surface area contributed by atoms with E-state index in [0.29, 0.717) is 5.92 Å². The lowest BCUT2D eigenvalue weighted by molar-refractivity contribution is 0.259. The van der Waals surface area contributed by atoms with E-state index in [1.807, 2.05) is 6.07 Å². The first kappa shape index (κ1) is 14.1. The first-order valence-corrected chi connectivity index (χ1v) is 7.13. The Labute approximate surface area is 115 Å². The third kappa shape index (κ3) is 4.06. The lowest BCUT2D eigenvalue weighted by atomic mass is 10.0. The molecule has 1 aromatic heterocycles. The van der Waals surface area contributed by atoms with Gasteiger partial charge in [-0.25, -0.2) is 9.97 Å². The van der Waals surface area contributed by atoms with Crippen LogP contribution in [0.3, 0.4) is 0 Å². The minimum atomic E-state index is 0.0568. The van der Waals surface area contributed by atoms with E-state index in [-0.39, 0.29) is 12.6 Å². The molecular weight excluding hydrogens is 240 g/mol. The molecule has 5 heteroatoms. The normalized spacial score (nSPS) is 16.9. The van der Waals surface area contributed by atoms with Crippen LogP contribution >= 0.6 is 0 Å². The zero-order valence-electron chi connectivity index (χ0n) is 11.8. The van der Waals surface area contributed by atoms with Gasteiger partial charge in [0.15, 0.2) is 0 Å². The van der Waals surface area contributed by atoms with Gasteiger partial charge in [0, 0.05) is 19.2 Å². The topological polar surface area (TPSA) is 61.3 Å². The van der Waals surface area contributed by atoms with Crippen molar-refractivity contribution in [3.05, 3.63) is 12.4 Å². The maximum absolute atomic E-state index is 9.40. The number of nitrogens with one attached hydrogen (secondary N) is 1. The van der Waals surface area contributed by atoms with E-state index in [0.717, 1.165) is 31.1 Å². The summed E-state index contributed by atoms with van der Waals surface area (Å²) < 4.78 is 0. The highest BCUT2D eigenvalue weighted by Gasteiger charge is 2.15. The van der Waals surface area contributed by atoms with Crippen molar-refractivity contribution in [2.24, 2.45) is 5.92 Å². The maximum Gasteiger partial charge on any atom is 0.134 e. The Morgan fingerprint density at radius 1 is 1.32 bits per heavy atom. The summed E-state index contributed by atoms with van der Waals surface area (Å²) in [5, 5.41) is 12.7. The van der Waals surface area contributed by atoms with Gasteiger partial charge in [0.25, 0.3) is 0 Å². The molecule has 1 atom stereocenters. The summed E-state index contributed by atoms with van der Waals surface area (Å²) >= 11 is 0. The van der Waals surface area contributed by atoms with E-state index in [4.69, 9.17) is 0 Å². The summed E-state index contributed by atoms with van der Waals surface area (Å²) in [4.78, 5) is 10.9.